The summed E-state index contributed by atoms with van der Waals surface area (Å²) in [4.78, 5) is 35.3. The average Bonchev–Trinajstić information content (AvgIpc) is 3.26. The Bertz CT molecular complexity index is 1310. The SMILES string of the molecule is CN1C(=O)/C(=C2\SC(=NCc3ccccc3)N(Cc3ccccc3)C2=O)c2cc(Br)ccc21. The minimum Gasteiger partial charge on any atom is -0.311 e. The third-order valence-corrected chi connectivity index (χ3v) is 7.23. The molecule has 0 aliphatic carbocycles. The zero-order valence-corrected chi connectivity index (χ0v) is 20.3. The van der Waals surface area contributed by atoms with E-state index in [0.29, 0.717) is 28.7 Å². The van der Waals surface area contributed by atoms with Gasteiger partial charge in [-0.25, -0.2) is 0 Å². The molecule has 0 aromatic heterocycles. The van der Waals surface area contributed by atoms with Crippen LogP contribution in [0.5, 0.6) is 0 Å². The normalized spacial score (nSPS) is 19.0. The molecule has 0 spiro atoms. The Balaban J connectivity index is 1.58. The van der Waals surface area contributed by atoms with Crippen LogP contribution in [0.3, 0.4) is 0 Å². The molecule has 1 fully saturated rings. The van der Waals surface area contributed by atoms with Gasteiger partial charge in [-0.15, -0.1) is 0 Å². The van der Waals surface area contributed by atoms with Gasteiger partial charge >= 0.3 is 0 Å². The number of likely N-dealkylation sites (N-methyl/N-ethyl adjacent to an activating group) is 1. The lowest BCUT2D eigenvalue weighted by Crippen LogP contribution is -2.29. The van der Waals surface area contributed by atoms with Crippen molar-refractivity contribution in [1.29, 1.82) is 0 Å². The second-order valence-corrected chi connectivity index (χ2v) is 9.69. The van der Waals surface area contributed by atoms with Crippen LogP contribution in [0.4, 0.5) is 5.69 Å². The minimum absolute atomic E-state index is 0.178. The highest BCUT2D eigenvalue weighted by Crippen LogP contribution is 2.45. The highest BCUT2D eigenvalue weighted by Gasteiger charge is 2.41. The first-order chi connectivity index (χ1) is 16.0. The molecule has 2 heterocycles. The van der Waals surface area contributed by atoms with Crippen molar-refractivity contribution >= 4 is 55.9 Å². The molecule has 1 saturated heterocycles. The fourth-order valence-corrected chi connectivity index (χ4v) is 5.36. The van der Waals surface area contributed by atoms with Crippen molar-refractivity contribution < 1.29 is 9.59 Å². The van der Waals surface area contributed by atoms with Gasteiger partial charge in [-0.1, -0.05) is 76.6 Å². The van der Waals surface area contributed by atoms with Crippen LogP contribution in [0.15, 0.2) is 93.2 Å². The van der Waals surface area contributed by atoms with E-state index in [-0.39, 0.29) is 11.8 Å². The van der Waals surface area contributed by atoms with E-state index in [2.05, 4.69) is 15.9 Å². The summed E-state index contributed by atoms with van der Waals surface area (Å²) < 4.78 is 0.858. The van der Waals surface area contributed by atoms with Crippen LogP contribution < -0.4 is 4.90 Å². The van der Waals surface area contributed by atoms with E-state index in [9.17, 15) is 9.59 Å². The van der Waals surface area contributed by atoms with E-state index in [4.69, 9.17) is 4.99 Å². The number of carbonyl (C=O) groups excluding carboxylic acids is 2. The zero-order chi connectivity index (χ0) is 22.9. The van der Waals surface area contributed by atoms with Crippen LogP contribution >= 0.6 is 27.7 Å². The predicted octanol–water partition coefficient (Wildman–Crippen LogP) is 5.47. The summed E-state index contributed by atoms with van der Waals surface area (Å²) in [6, 6.07) is 25.4. The van der Waals surface area contributed by atoms with Crippen LogP contribution in [-0.4, -0.2) is 28.9 Å². The fourth-order valence-electron chi connectivity index (χ4n) is 3.94. The third-order valence-electron chi connectivity index (χ3n) is 5.62. The van der Waals surface area contributed by atoms with E-state index in [1.165, 1.54) is 11.8 Å². The predicted molar refractivity (Wildman–Crippen MR) is 137 cm³/mol. The van der Waals surface area contributed by atoms with Gasteiger partial charge in [0.1, 0.15) is 0 Å². The molecule has 0 atom stereocenters. The molecular weight excluding hydrogens is 498 g/mol. The maximum atomic E-state index is 13.6. The molecule has 0 N–H and O–H groups in total. The Labute approximate surface area is 204 Å². The van der Waals surface area contributed by atoms with Gasteiger partial charge < -0.3 is 4.90 Å². The number of hydrogen-bond acceptors (Lipinski definition) is 4. The number of halogens is 1. The molecule has 0 unspecified atom stereocenters. The highest BCUT2D eigenvalue weighted by molar-refractivity contribution is 9.10. The summed E-state index contributed by atoms with van der Waals surface area (Å²) in [5, 5.41) is 0.606. The van der Waals surface area contributed by atoms with E-state index in [1.807, 2.05) is 78.9 Å². The molecule has 164 valence electrons. The number of hydrogen-bond donors (Lipinski definition) is 0. The lowest BCUT2D eigenvalue weighted by atomic mass is 10.1. The number of amidine groups is 1. The molecule has 3 aromatic rings. The Morgan fingerprint density at radius 3 is 2.24 bits per heavy atom. The molecule has 0 bridgehead atoms. The summed E-state index contributed by atoms with van der Waals surface area (Å²) in [6.07, 6.45) is 0. The quantitative estimate of drug-likeness (QED) is 0.431. The van der Waals surface area contributed by atoms with E-state index in [0.717, 1.165) is 26.9 Å². The van der Waals surface area contributed by atoms with Crippen molar-refractivity contribution in [2.45, 2.75) is 13.1 Å². The van der Waals surface area contributed by atoms with Crippen LogP contribution in [-0.2, 0) is 22.7 Å². The Kier molecular flexibility index (Phi) is 5.91. The third kappa shape index (κ3) is 4.14. The Hall–Kier alpha value is -3.16. The second kappa shape index (κ2) is 9.00. The Morgan fingerprint density at radius 1 is 0.879 bits per heavy atom. The van der Waals surface area contributed by atoms with Crippen molar-refractivity contribution in [3.05, 3.63) is 105 Å². The van der Waals surface area contributed by atoms with Crippen molar-refractivity contribution in [3.63, 3.8) is 0 Å². The molecule has 2 aliphatic rings. The topological polar surface area (TPSA) is 53.0 Å². The Morgan fingerprint density at radius 2 is 1.55 bits per heavy atom. The second-order valence-electron chi connectivity index (χ2n) is 7.79. The standard InChI is InChI=1S/C26H20BrN3O2S/c1-29-21-13-12-19(27)14-20(21)22(24(29)31)23-25(32)30(16-18-10-6-3-7-11-18)26(33-23)28-15-17-8-4-2-5-9-17/h2-14H,15-16H2,1H3/b23-22-,28-26?. The number of anilines is 1. The van der Waals surface area contributed by atoms with Crippen molar-refractivity contribution in [2.75, 3.05) is 11.9 Å². The number of thioether (sulfide) groups is 1. The molecule has 0 saturated carbocycles. The molecule has 33 heavy (non-hydrogen) atoms. The van der Waals surface area contributed by atoms with Gasteiger partial charge in [0.25, 0.3) is 11.8 Å². The van der Waals surface area contributed by atoms with Gasteiger partial charge in [-0.3, -0.25) is 19.5 Å². The van der Waals surface area contributed by atoms with Crippen LogP contribution in [0, 0.1) is 0 Å². The van der Waals surface area contributed by atoms with E-state index in [1.54, 1.807) is 16.8 Å². The molecular formula is C26H20BrN3O2S. The largest absolute Gasteiger partial charge is 0.311 e. The van der Waals surface area contributed by atoms with Crippen molar-refractivity contribution in [3.8, 4) is 0 Å². The lowest BCUT2D eigenvalue weighted by Gasteiger charge is -2.16. The van der Waals surface area contributed by atoms with E-state index >= 15 is 0 Å². The van der Waals surface area contributed by atoms with Gasteiger partial charge in [-0.2, -0.15) is 0 Å². The monoisotopic (exact) mass is 517 g/mol. The maximum absolute atomic E-state index is 13.6. The molecule has 0 radical (unpaired) electrons. The first kappa shape index (κ1) is 21.7. The summed E-state index contributed by atoms with van der Waals surface area (Å²) in [6.45, 7) is 0.854. The average molecular weight is 518 g/mol. The smallest absolute Gasteiger partial charge is 0.267 e. The number of aliphatic imine (C=N–C) groups is 1. The fraction of sp³-hybridized carbons (Fsp3) is 0.115. The molecule has 3 aromatic carbocycles. The number of benzene rings is 3. The van der Waals surface area contributed by atoms with Crippen LogP contribution in [0.1, 0.15) is 16.7 Å². The number of rotatable bonds is 4. The van der Waals surface area contributed by atoms with Crippen molar-refractivity contribution in [2.24, 2.45) is 4.99 Å². The van der Waals surface area contributed by atoms with Crippen molar-refractivity contribution in [1.82, 2.24) is 4.90 Å². The molecule has 7 heteroatoms. The van der Waals surface area contributed by atoms with Crippen LogP contribution in [0.2, 0.25) is 0 Å². The van der Waals surface area contributed by atoms with Gasteiger partial charge in [0.2, 0.25) is 0 Å². The number of amides is 2. The zero-order valence-electron chi connectivity index (χ0n) is 17.9. The van der Waals surface area contributed by atoms with Crippen LogP contribution in [0.25, 0.3) is 5.57 Å². The molecule has 5 nitrogen and oxygen atoms in total. The maximum Gasteiger partial charge on any atom is 0.267 e. The summed E-state index contributed by atoms with van der Waals surface area (Å²) in [5.41, 5.74) is 4.06. The summed E-state index contributed by atoms with van der Waals surface area (Å²) in [7, 11) is 1.73. The van der Waals surface area contributed by atoms with Gasteiger partial charge in [0, 0.05) is 17.1 Å². The van der Waals surface area contributed by atoms with Gasteiger partial charge in [0.15, 0.2) is 5.17 Å². The number of carbonyl (C=O) groups is 2. The summed E-state index contributed by atoms with van der Waals surface area (Å²) in [5.74, 6) is -0.372. The lowest BCUT2D eigenvalue weighted by molar-refractivity contribution is -0.123. The van der Waals surface area contributed by atoms with Gasteiger partial charge in [-0.05, 0) is 41.1 Å². The number of nitrogens with zero attached hydrogens (tertiary/aromatic N) is 3. The van der Waals surface area contributed by atoms with E-state index < -0.39 is 0 Å². The number of fused-ring (bicyclic) bond motifs is 1. The first-order valence-corrected chi connectivity index (χ1v) is 12.1. The highest BCUT2D eigenvalue weighted by atomic mass is 79.9. The molecule has 2 aliphatic heterocycles. The minimum atomic E-state index is -0.194. The molecule has 2 amide bonds. The first-order valence-electron chi connectivity index (χ1n) is 10.5. The molecule has 5 rings (SSSR count). The van der Waals surface area contributed by atoms with Gasteiger partial charge in [0.05, 0.1) is 29.3 Å². The summed E-state index contributed by atoms with van der Waals surface area (Å²) >= 11 is 4.78.